The van der Waals surface area contributed by atoms with Gasteiger partial charge in [0.15, 0.2) is 0 Å². The molecule has 98 valence electrons. The summed E-state index contributed by atoms with van der Waals surface area (Å²) < 4.78 is 12.9. The second-order valence-corrected chi connectivity index (χ2v) is 4.21. The standard InChI is InChI=1S/C12H8ClFN2O3/c1-5-9(12(18)19)11(17)16-10(15-5)7-3-2-6(14)4-8(7)13/h2-4H,1H3,(H,18,19)(H,15,16,17). The van der Waals surface area contributed by atoms with Gasteiger partial charge in [-0.05, 0) is 25.1 Å². The van der Waals surface area contributed by atoms with Crippen LogP contribution in [0.25, 0.3) is 11.4 Å². The summed E-state index contributed by atoms with van der Waals surface area (Å²) >= 11 is 5.85. The summed E-state index contributed by atoms with van der Waals surface area (Å²) in [4.78, 5) is 28.8. The quantitative estimate of drug-likeness (QED) is 0.885. The number of carboxylic acid groups (broad SMARTS) is 1. The van der Waals surface area contributed by atoms with E-state index in [1.165, 1.54) is 19.1 Å². The molecule has 0 bridgehead atoms. The number of nitrogens with one attached hydrogen (secondary N) is 1. The number of benzene rings is 1. The number of aromatic nitrogens is 2. The molecule has 0 aliphatic rings. The Balaban J connectivity index is 2.65. The molecule has 2 N–H and O–H groups in total. The van der Waals surface area contributed by atoms with E-state index < -0.39 is 22.9 Å². The van der Waals surface area contributed by atoms with Crippen molar-refractivity contribution >= 4 is 17.6 Å². The lowest BCUT2D eigenvalue weighted by Gasteiger charge is -2.06. The van der Waals surface area contributed by atoms with Gasteiger partial charge in [0.2, 0.25) is 0 Å². The van der Waals surface area contributed by atoms with E-state index in [4.69, 9.17) is 16.7 Å². The smallest absolute Gasteiger partial charge is 0.343 e. The van der Waals surface area contributed by atoms with E-state index in [2.05, 4.69) is 9.97 Å². The average Bonchev–Trinajstić information content (AvgIpc) is 2.26. The number of halogens is 2. The number of hydrogen-bond acceptors (Lipinski definition) is 3. The van der Waals surface area contributed by atoms with Crippen LogP contribution in [0.5, 0.6) is 0 Å². The molecule has 0 saturated heterocycles. The number of H-pyrrole nitrogens is 1. The predicted octanol–water partition coefficient (Wildman–Crippen LogP) is 2.24. The Morgan fingerprint density at radius 2 is 2.16 bits per heavy atom. The summed E-state index contributed by atoms with van der Waals surface area (Å²) in [7, 11) is 0. The number of rotatable bonds is 2. The Morgan fingerprint density at radius 3 is 2.68 bits per heavy atom. The van der Waals surface area contributed by atoms with Crippen molar-refractivity contribution in [2.75, 3.05) is 0 Å². The number of aromatic carboxylic acids is 1. The number of carbonyl (C=O) groups is 1. The van der Waals surface area contributed by atoms with Gasteiger partial charge in [-0.3, -0.25) is 4.79 Å². The highest BCUT2D eigenvalue weighted by atomic mass is 35.5. The fourth-order valence-electron chi connectivity index (χ4n) is 1.65. The van der Waals surface area contributed by atoms with Crippen LogP contribution in [0.4, 0.5) is 4.39 Å². The fourth-order valence-corrected chi connectivity index (χ4v) is 1.90. The molecule has 0 radical (unpaired) electrons. The van der Waals surface area contributed by atoms with Gasteiger partial charge in [-0.15, -0.1) is 0 Å². The summed E-state index contributed by atoms with van der Waals surface area (Å²) in [5, 5.41) is 8.94. The summed E-state index contributed by atoms with van der Waals surface area (Å²) in [6.45, 7) is 1.40. The Hall–Kier alpha value is -2.21. The Bertz CT molecular complexity index is 727. The lowest BCUT2D eigenvalue weighted by Crippen LogP contribution is -2.21. The first-order valence-corrected chi connectivity index (χ1v) is 5.57. The Labute approximate surface area is 111 Å². The maximum absolute atomic E-state index is 12.9. The number of carboxylic acids is 1. The zero-order chi connectivity index (χ0) is 14.2. The van der Waals surface area contributed by atoms with Gasteiger partial charge >= 0.3 is 5.97 Å². The molecular weight excluding hydrogens is 275 g/mol. The molecule has 0 amide bonds. The molecule has 19 heavy (non-hydrogen) atoms. The molecule has 0 aliphatic carbocycles. The topological polar surface area (TPSA) is 83.0 Å². The van der Waals surface area contributed by atoms with Gasteiger partial charge in [0.1, 0.15) is 17.2 Å². The van der Waals surface area contributed by atoms with Gasteiger partial charge in [0.25, 0.3) is 5.56 Å². The van der Waals surface area contributed by atoms with Gasteiger partial charge in [0, 0.05) is 5.56 Å². The zero-order valence-electron chi connectivity index (χ0n) is 9.70. The van der Waals surface area contributed by atoms with Crippen molar-refractivity contribution in [1.29, 1.82) is 0 Å². The number of aryl methyl sites for hydroxylation is 1. The van der Waals surface area contributed by atoms with Crippen LogP contribution >= 0.6 is 11.6 Å². The molecule has 1 aromatic carbocycles. The Morgan fingerprint density at radius 1 is 1.47 bits per heavy atom. The number of hydrogen-bond donors (Lipinski definition) is 2. The lowest BCUT2D eigenvalue weighted by atomic mass is 10.2. The minimum Gasteiger partial charge on any atom is -0.477 e. The van der Waals surface area contributed by atoms with Gasteiger partial charge in [-0.1, -0.05) is 11.6 Å². The molecule has 0 spiro atoms. The molecule has 5 nitrogen and oxygen atoms in total. The highest BCUT2D eigenvalue weighted by Crippen LogP contribution is 2.25. The molecule has 0 aliphatic heterocycles. The van der Waals surface area contributed by atoms with Crippen molar-refractivity contribution in [3.8, 4) is 11.4 Å². The summed E-state index contributed by atoms with van der Waals surface area (Å²) in [5.74, 6) is -1.78. The van der Waals surface area contributed by atoms with Crippen LogP contribution in [0, 0.1) is 12.7 Å². The van der Waals surface area contributed by atoms with Gasteiger partial charge < -0.3 is 10.1 Å². The van der Waals surface area contributed by atoms with E-state index in [-0.39, 0.29) is 16.5 Å². The molecule has 0 unspecified atom stereocenters. The second kappa shape index (κ2) is 4.81. The molecular formula is C12H8ClFN2O3. The number of nitrogens with zero attached hydrogens (tertiary/aromatic N) is 1. The van der Waals surface area contributed by atoms with E-state index in [1.54, 1.807) is 0 Å². The first-order valence-electron chi connectivity index (χ1n) is 5.20. The molecule has 0 fully saturated rings. The van der Waals surface area contributed by atoms with Crippen molar-refractivity contribution in [2.45, 2.75) is 6.92 Å². The Kier molecular flexibility index (Phi) is 3.35. The van der Waals surface area contributed by atoms with Gasteiger partial charge in [-0.2, -0.15) is 0 Å². The van der Waals surface area contributed by atoms with Gasteiger partial charge in [0.05, 0.1) is 10.7 Å². The molecule has 1 aromatic heterocycles. The minimum atomic E-state index is -1.36. The molecule has 0 saturated carbocycles. The normalized spacial score (nSPS) is 10.5. The second-order valence-electron chi connectivity index (χ2n) is 3.80. The third kappa shape index (κ3) is 2.48. The molecule has 2 aromatic rings. The third-order valence-corrected chi connectivity index (χ3v) is 2.81. The van der Waals surface area contributed by atoms with Crippen LogP contribution in [-0.2, 0) is 0 Å². The third-order valence-electron chi connectivity index (χ3n) is 2.50. The fraction of sp³-hybridized carbons (Fsp3) is 0.0833. The van der Waals surface area contributed by atoms with E-state index in [9.17, 15) is 14.0 Å². The van der Waals surface area contributed by atoms with Crippen LogP contribution in [0.3, 0.4) is 0 Å². The first kappa shape index (κ1) is 13.2. The van der Waals surface area contributed by atoms with Crippen molar-refractivity contribution in [3.05, 3.63) is 50.7 Å². The maximum Gasteiger partial charge on any atom is 0.343 e. The SMILES string of the molecule is Cc1nc(-c2ccc(F)cc2Cl)[nH]c(=O)c1C(=O)O. The predicted molar refractivity (Wildman–Crippen MR) is 67.0 cm³/mol. The number of aromatic amines is 1. The monoisotopic (exact) mass is 282 g/mol. The molecule has 7 heteroatoms. The molecule has 0 atom stereocenters. The summed E-state index contributed by atoms with van der Waals surface area (Å²) in [5.41, 5.74) is -0.829. The minimum absolute atomic E-state index is 0.0617. The largest absolute Gasteiger partial charge is 0.477 e. The van der Waals surface area contributed by atoms with E-state index in [0.29, 0.717) is 5.56 Å². The molecule has 2 rings (SSSR count). The van der Waals surface area contributed by atoms with Crippen LogP contribution in [0.1, 0.15) is 16.1 Å². The van der Waals surface area contributed by atoms with E-state index >= 15 is 0 Å². The van der Waals surface area contributed by atoms with Crippen LogP contribution < -0.4 is 5.56 Å². The lowest BCUT2D eigenvalue weighted by molar-refractivity contribution is 0.0693. The highest BCUT2D eigenvalue weighted by Gasteiger charge is 2.16. The first-order chi connectivity index (χ1) is 8.90. The van der Waals surface area contributed by atoms with Crippen LogP contribution in [0.15, 0.2) is 23.0 Å². The van der Waals surface area contributed by atoms with Crippen molar-refractivity contribution in [1.82, 2.24) is 9.97 Å². The maximum atomic E-state index is 12.9. The molecule has 1 heterocycles. The zero-order valence-corrected chi connectivity index (χ0v) is 10.5. The van der Waals surface area contributed by atoms with Crippen molar-refractivity contribution in [3.63, 3.8) is 0 Å². The van der Waals surface area contributed by atoms with E-state index in [0.717, 1.165) is 6.07 Å². The summed E-state index contributed by atoms with van der Waals surface area (Å²) in [6.07, 6.45) is 0. The van der Waals surface area contributed by atoms with Crippen LogP contribution in [0.2, 0.25) is 5.02 Å². The summed E-state index contributed by atoms with van der Waals surface area (Å²) in [6, 6.07) is 3.61. The van der Waals surface area contributed by atoms with Crippen molar-refractivity contribution in [2.24, 2.45) is 0 Å². The van der Waals surface area contributed by atoms with E-state index in [1.807, 2.05) is 0 Å². The highest BCUT2D eigenvalue weighted by molar-refractivity contribution is 6.33. The van der Waals surface area contributed by atoms with Gasteiger partial charge in [-0.25, -0.2) is 14.2 Å². The van der Waals surface area contributed by atoms with Crippen LogP contribution in [-0.4, -0.2) is 21.0 Å². The average molecular weight is 283 g/mol. The van der Waals surface area contributed by atoms with Crippen molar-refractivity contribution < 1.29 is 14.3 Å².